The lowest BCUT2D eigenvalue weighted by atomic mass is 10.1. The van der Waals surface area contributed by atoms with Crippen LogP contribution in [0, 0.1) is 0 Å². The highest BCUT2D eigenvalue weighted by molar-refractivity contribution is 9.10. The van der Waals surface area contributed by atoms with Crippen LogP contribution in [-0.4, -0.2) is 11.5 Å². The summed E-state index contributed by atoms with van der Waals surface area (Å²) in [5.41, 5.74) is 4.14. The summed E-state index contributed by atoms with van der Waals surface area (Å²) in [6.45, 7) is 3.20. The van der Waals surface area contributed by atoms with Crippen molar-refractivity contribution in [2.24, 2.45) is 0 Å². The average Bonchev–Trinajstić information content (AvgIpc) is 2.81. The fraction of sp³-hybridized carbons (Fsp3) is 0.385. The van der Waals surface area contributed by atoms with Crippen LogP contribution in [0.25, 0.3) is 10.9 Å². The van der Waals surface area contributed by atoms with Crippen molar-refractivity contribution < 1.29 is 0 Å². The minimum atomic E-state index is 0.531. The second-order valence-electron chi connectivity index (χ2n) is 4.33. The zero-order chi connectivity index (χ0) is 11.1. The number of halogens is 1. The minimum absolute atomic E-state index is 0.531. The molecule has 2 N–H and O–H groups in total. The van der Waals surface area contributed by atoms with Crippen LogP contribution in [0.3, 0.4) is 0 Å². The molecule has 0 fully saturated rings. The van der Waals surface area contributed by atoms with Crippen molar-refractivity contribution in [1.82, 2.24) is 10.3 Å². The molecule has 3 rings (SSSR count). The molecule has 16 heavy (non-hydrogen) atoms. The third kappa shape index (κ3) is 1.42. The molecule has 0 saturated carbocycles. The molecule has 1 heterocycles. The largest absolute Gasteiger partial charge is 0.357 e. The molecule has 1 aliphatic rings. The second kappa shape index (κ2) is 3.90. The van der Waals surface area contributed by atoms with E-state index in [1.807, 2.05) is 0 Å². The zero-order valence-electron chi connectivity index (χ0n) is 9.31. The van der Waals surface area contributed by atoms with Crippen LogP contribution in [0.2, 0.25) is 0 Å². The van der Waals surface area contributed by atoms with Gasteiger partial charge >= 0.3 is 0 Å². The Kier molecular flexibility index (Phi) is 2.52. The highest BCUT2D eigenvalue weighted by Gasteiger charge is 2.26. The molecule has 84 valence electrons. The first kappa shape index (κ1) is 10.4. The van der Waals surface area contributed by atoms with E-state index < -0.39 is 0 Å². The van der Waals surface area contributed by atoms with Gasteiger partial charge in [0, 0.05) is 21.6 Å². The van der Waals surface area contributed by atoms with Crippen molar-refractivity contribution in [2.75, 3.05) is 6.54 Å². The average molecular weight is 279 g/mol. The first-order valence-electron chi connectivity index (χ1n) is 5.83. The number of fused-ring (bicyclic) bond motifs is 3. The first-order valence-corrected chi connectivity index (χ1v) is 6.63. The Balaban J connectivity index is 2.20. The van der Waals surface area contributed by atoms with E-state index >= 15 is 0 Å². The Morgan fingerprint density at radius 2 is 2.38 bits per heavy atom. The van der Waals surface area contributed by atoms with Gasteiger partial charge in [0.2, 0.25) is 0 Å². The lowest BCUT2D eigenvalue weighted by Gasteiger charge is -2.11. The molecule has 0 aliphatic heterocycles. The topological polar surface area (TPSA) is 27.8 Å². The standard InChI is InChI=1S/C13H15BrN2/c1-2-15-10-6-7-11-12(10)8-4-3-5-9(14)13(8)16-11/h3-5,10,15-16H,2,6-7H2,1H3. The molecule has 0 saturated heterocycles. The molecule has 1 unspecified atom stereocenters. The molecule has 1 aliphatic carbocycles. The van der Waals surface area contributed by atoms with Crippen LogP contribution in [0.15, 0.2) is 22.7 Å². The number of aromatic nitrogens is 1. The summed E-state index contributed by atoms with van der Waals surface area (Å²) in [5.74, 6) is 0. The van der Waals surface area contributed by atoms with Crippen molar-refractivity contribution in [3.05, 3.63) is 33.9 Å². The summed E-state index contributed by atoms with van der Waals surface area (Å²) >= 11 is 3.60. The summed E-state index contributed by atoms with van der Waals surface area (Å²) in [7, 11) is 0. The number of H-pyrrole nitrogens is 1. The number of aromatic amines is 1. The van der Waals surface area contributed by atoms with Crippen molar-refractivity contribution in [3.8, 4) is 0 Å². The number of hydrogen-bond donors (Lipinski definition) is 2. The molecule has 1 aromatic carbocycles. The molecule has 0 amide bonds. The van der Waals surface area contributed by atoms with Crippen molar-refractivity contribution in [3.63, 3.8) is 0 Å². The molecule has 1 atom stereocenters. The van der Waals surface area contributed by atoms with Crippen molar-refractivity contribution in [2.45, 2.75) is 25.8 Å². The van der Waals surface area contributed by atoms with E-state index in [2.05, 4.69) is 51.4 Å². The lowest BCUT2D eigenvalue weighted by molar-refractivity contribution is 0.551. The molecule has 2 nitrogen and oxygen atoms in total. The summed E-state index contributed by atoms with van der Waals surface area (Å²) in [6.07, 6.45) is 2.38. The van der Waals surface area contributed by atoms with E-state index in [0.29, 0.717) is 6.04 Å². The molecular formula is C13H15BrN2. The summed E-state index contributed by atoms with van der Waals surface area (Å²) in [5, 5.41) is 4.93. The zero-order valence-corrected chi connectivity index (χ0v) is 10.9. The summed E-state index contributed by atoms with van der Waals surface area (Å²) < 4.78 is 1.16. The van der Waals surface area contributed by atoms with Crippen LogP contribution in [0.4, 0.5) is 0 Å². The van der Waals surface area contributed by atoms with Gasteiger partial charge in [-0.2, -0.15) is 0 Å². The van der Waals surface area contributed by atoms with E-state index in [-0.39, 0.29) is 0 Å². The number of para-hydroxylation sites is 1. The highest BCUT2D eigenvalue weighted by Crippen LogP contribution is 2.38. The maximum absolute atomic E-state index is 3.60. The van der Waals surface area contributed by atoms with Crippen molar-refractivity contribution in [1.29, 1.82) is 0 Å². The minimum Gasteiger partial charge on any atom is -0.357 e. The van der Waals surface area contributed by atoms with E-state index in [4.69, 9.17) is 0 Å². The molecule has 0 radical (unpaired) electrons. The van der Waals surface area contributed by atoms with Gasteiger partial charge in [-0.3, -0.25) is 0 Å². The number of aryl methyl sites for hydroxylation is 1. The highest BCUT2D eigenvalue weighted by atomic mass is 79.9. The Bertz CT molecular complexity index is 530. The number of rotatable bonds is 2. The smallest absolute Gasteiger partial charge is 0.0603 e. The van der Waals surface area contributed by atoms with Gasteiger partial charge in [0.15, 0.2) is 0 Å². The molecular weight excluding hydrogens is 264 g/mol. The fourth-order valence-electron chi connectivity index (χ4n) is 2.74. The monoisotopic (exact) mass is 278 g/mol. The van der Waals surface area contributed by atoms with Gasteiger partial charge in [0.1, 0.15) is 0 Å². The maximum Gasteiger partial charge on any atom is 0.0603 e. The molecule has 0 bridgehead atoms. The summed E-state index contributed by atoms with van der Waals surface area (Å²) in [4.78, 5) is 3.55. The SMILES string of the molecule is CCNC1CCc2[nH]c3c(Br)cccc3c21. The predicted molar refractivity (Wildman–Crippen MR) is 70.7 cm³/mol. The molecule has 3 heteroatoms. The predicted octanol–water partition coefficient (Wildman–Crippen LogP) is 3.53. The van der Waals surface area contributed by atoms with Crippen LogP contribution in [-0.2, 0) is 6.42 Å². The second-order valence-corrected chi connectivity index (χ2v) is 5.18. The lowest BCUT2D eigenvalue weighted by Crippen LogP contribution is -2.18. The number of nitrogens with one attached hydrogen (secondary N) is 2. The van der Waals surface area contributed by atoms with Gasteiger partial charge in [0.25, 0.3) is 0 Å². The van der Waals surface area contributed by atoms with Gasteiger partial charge in [0.05, 0.1) is 5.52 Å². The van der Waals surface area contributed by atoms with E-state index in [0.717, 1.165) is 17.4 Å². The Morgan fingerprint density at radius 3 is 3.19 bits per heavy atom. The Hall–Kier alpha value is -0.800. The van der Waals surface area contributed by atoms with Gasteiger partial charge in [-0.1, -0.05) is 19.1 Å². The van der Waals surface area contributed by atoms with Crippen molar-refractivity contribution >= 4 is 26.8 Å². The van der Waals surface area contributed by atoms with Crippen LogP contribution < -0.4 is 5.32 Å². The van der Waals surface area contributed by atoms with E-state index in [1.165, 1.54) is 28.6 Å². The van der Waals surface area contributed by atoms with Crippen LogP contribution >= 0.6 is 15.9 Å². The summed E-state index contributed by atoms with van der Waals surface area (Å²) in [6, 6.07) is 6.95. The molecule has 2 aromatic rings. The van der Waals surface area contributed by atoms with Gasteiger partial charge in [-0.05, 0) is 46.9 Å². The van der Waals surface area contributed by atoms with Crippen LogP contribution in [0.1, 0.15) is 30.6 Å². The fourth-order valence-corrected chi connectivity index (χ4v) is 3.20. The number of benzene rings is 1. The number of hydrogen-bond acceptors (Lipinski definition) is 1. The third-order valence-electron chi connectivity index (χ3n) is 3.39. The first-order chi connectivity index (χ1) is 7.81. The maximum atomic E-state index is 3.60. The molecule has 1 aromatic heterocycles. The van der Waals surface area contributed by atoms with Gasteiger partial charge in [-0.25, -0.2) is 0 Å². The Morgan fingerprint density at radius 1 is 1.50 bits per heavy atom. The third-order valence-corrected chi connectivity index (χ3v) is 4.05. The van der Waals surface area contributed by atoms with E-state index in [1.54, 1.807) is 0 Å². The van der Waals surface area contributed by atoms with Gasteiger partial charge < -0.3 is 10.3 Å². The van der Waals surface area contributed by atoms with E-state index in [9.17, 15) is 0 Å². The quantitative estimate of drug-likeness (QED) is 0.864. The normalized spacial score (nSPS) is 19.2. The Labute approximate surface area is 104 Å². The molecule has 0 spiro atoms. The van der Waals surface area contributed by atoms with Gasteiger partial charge in [-0.15, -0.1) is 0 Å². The van der Waals surface area contributed by atoms with Crippen LogP contribution in [0.5, 0.6) is 0 Å².